The van der Waals surface area contributed by atoms with Crippen LogP contribution in [0.4, 0.5) is 0 Å². The number of carbonyl (C=O) groups excluding carboxylic acids is 1. The second kappa shape index (κ2) is 6.92. The van der Waals surface area contributed by atoms with Crippen LogP contribution in [-0.4, -0.2) is 32.0 Å². The van der Waals surface area contributed by atoms with Crippen molar-refractivity contribution in [2.45, 2.75) is 44.0 Å². The summed E-state index contributed by atoms with van der Waals surface area (Å²) in [6, 6.07) is 7.09. The molecule has 0 saturated heterocycles. The lowest BCUT2D eigenvalue weighted by Gasteiger charge is -2.36. The molecule has 4 nitrogen and oxygen atoms in total. The Morgan fingerprint density at radius 2 is 2.04 bits per heavy atom. The molecular weight excluding hydrogens is 354 g/mol. The lowest BCUT2D eigenvalue weighted by atomic mass is 9.95. The van der Waals surface area contributed by atoms with Crippen LogP contribution in [0.3, 0.4) is 0 Å². The summed E-state index contributed by atoms with van der Waals surface area (Å²) in [5, 5.41) is 2.09. The van der Waals surface area contributed by atoms with E-state index in [-0.39, 0.29) is 16.8 Å². The van der Waals surface area contributed by atoms with Crippen LogP contribution in [0.15, 0.2) is 34.5 Å². The standard InChI is InChI=1S/C19H23NO3S2/c1-4-13-6-7-14(25(3,22)23)12-16(13)19(21)20-10-8-18-15(9-11-24-18)17(20)5-2/h6-7,9,11-12,17H,4-5,8,10H2,1-3H3. The molecule has 1 aliphatic rings. The molecule has 3 rings (SSSR count). The average Bonchev–Trinajstić information content (AvgIpc) is 3.07. The molecule has 0 spiro atoms. The second-order valence-electron chi connectivity index (χ2n) is 6.42. The Labute approximate surface area is 153 Å². The number of aryl methyl sites for hydroxylation is 1. The molecule has 0 radical (unpaired) electrons. The Morgan fingerprint density at radius 1 is 1.28 bits per heavy atom. The number of carbonyl (C=O) groups is 1. The van der Waals surface area contributed by atoms with Crippen molar-refractivity contribution in [3.05, 3.63) is 51.2 Å². The van der Waals surface area contributed by atoms with Gasteiger partial charge in [-0.1, -0.05) is 19.9 Å². The molecule has 1 aromatic carbocycles. The van der Waals surface area contributed by atoms with Gasteiger partial charge in [0, 0.05) is 23.2 Å². The predicted molar refractivity (Wildman–Crippen MR) is 101 cm³/mol. The van der Waals surface area contributed by atoms with Gasteiger partial charge in [-0.05, 0) is 54.0 Å². The Hall–Kier alpha value is -1.66. The average molecular weight is 378 g/mol. The molecule has 1 atom stereocenters. The number of nitrogens with zero attached hydrogens (tertiary/aromatic N) is 1. The van der Waals surface area contributed by atoms with E-state index in [4.69, 9.17) is 0 Å². The van der Waals surface area contributed by atoms with Gasteiger partial charge in [0.25, 0.3) is 5.91 Å². The van der Waals surface area contributed by atoms with E-state index in [0.29, 0.717) is 18.5 Å². The SMILES string of the molecule is CCc1ccc(S(C)(=O)=O)cc1C(=O)N1CCc2sccc2C1CC. The number of rotatable bonds is 4. The third-order valence-corrected chi connectivity index (χ3v) is 6.97. The zero-order chi connectivity index (χ0) is 18.2. The number of hydrogen-bond donors (Lipinski definition) is 0. The predicted octanol–water partition coefficient (Wildman–Crippen LogP) is 3.86. The molecule has 134 valence electrons. The molecule has 2 aromatic rings. The van der Waals surface area contributed by atoms with Crippen molar-refractivity contribution in [2.75, 3.05) is 12.8 Å². The summed E-state index contributed by atoms with van der Waals surface area (Å²) in [6.07, 6.45) is 3.58. The maximum Gasteiger partial charge on any atom is 0.254 e. The summed E-state index contributed by atoms with van der Waals surface area (Å²) in [5.41, 5.74) is 2.65. The molecule has 1 aromatic heterocycles. The highest BCUT2D eigenvalue weighted by atomic mass is 32.2. The van der Waals surface area contributed by atoms with Crippen molar-refractivity contribution < 1.29 is 13.2 Å². The van der Waals surface area contributed by atoms with Crippen LogP contribution < -0.4 is 0 Å². The molecule has 1 unspecified atom stereocenters. The van der Waals surface area contributed by atoms with Gasteiger partial charge in [0.2, 0.25) is 0 Å². The Bertz CT molecular complexity index is 899. The first-order valence-electron chi connectivity index (χ1n) is 8.57. The monoisotopic (exact) mass is 377 g/mol. The molecular formula is C19H23NO3S2. The van der Waals surface area contributed by atoms with Crippen LogP contribution in [0, 0.1) is 0 Å². The van der Waals surface area contributed by atoms with Crippen LogP contribution in [0.25, 0.3) is 0 Å². The maximum absolute atomic E-state index is 13.3. The van der Waals surface area contributed by atoms with Gasteiger partial charge in [0.05, 0.1) is 10.9 Å². The van der Waals surface area contributed by atoms with Crippen molar-refractivity contribution in [1.29, 1.82) is 0 Å². The zero-order valence-electron chi connectivity index (χ0n) is 14.8. The molecule has 6 heteroatoms. The highest BCUT2D eigenvalue weighted by Crippen LogP contribution is 2.36. The van der Waals surface area contributed by atoms with E-state index in [0.717, 1.165) is 18.4 Å². The summed E-state index contributed by atoms with van der Waals surface area (Å²) in [4.78, 5) is 16.8. The van der Waals surface area contributed by atoms with Crippen LogP contribution in [-0.2, 0) is 22.7 Å². The van der Waals surface area contributed by atoms with Gasteiger partial charge >= 0.3 is 0 Å². The second-order valence-corrected chi connectivity index (χ2v) is 9.43. The summed E-state index contributed by atoms with van der Waals surface area (Å²) < 4.78 is 23.8. The Balaban J connectivity index is 2.03. The molecule has 0 bridgehead atoms. The summed E-state index contributed by atoms with van der Waals surface area (Å²) in [7, 11) is -3.34. The first kappa shape index (κ1) is 18.1. The fourth-order valence-corrected chi connectivity index (χ4v) is 5.10. The van der Waals surface area contributed by atoms with Gasteiger partial charge in [-0.3, -0.25) is 4.79 Å². The largest absolute Gasteiger partial charge is 0.331 e. The number of hydrogen-bond acceptors (Lipinski definition) is 4. The van der Waals surface area contributed by atoms with Gasteiger partial charge in [-0.25, -0.2) is 8.42 Å². The van der Waals surface area contributed by atoms with E-state index >= 15 is 0 Å². The van der Waals surface area contributed by atoms with Crippen LogP contribution in [0.1, 0.15) is 52.7 Å². The minimum Gasteiger partial charge on any atom is -0.331 e. The molecule has 1 amide bonds. The normalized spacial score (nSPS) is 17.4. The quantitative estimate of drug-likeness (QED) is 0.813. The topological polar surface area (TPSA) is 54.5 Å². The maximum atomic E-state index is 13.3. The molecule has 0 aliphatic carbocycles. The van der Waals surface area contributed by atoms with Gasteiger partial charge in [-0.2, -0.15) is 0 Å². The highest BCUT2D eigenvalue weighted by Gasteiger charge is 2.32. The molecule has 0 saturated carbocycles. The number of benzene rings is 1. The molecule has 0 fully saturated rings. The number of amides is 1. The van der Waals surface area contributed by atoms with Crippen molar-refractivity contribution in [2.24, 2.45) is 0 Å². The summed E-state index contributed by atoms with van der Waals surface area (Å²) in [5.74, 6) is -0.0638. The van der Waals surface area contributed by atoms with Crippen molar-refractivity contribution in [1.82, 2.24) is 4.90 Å². The molecule has 0 N–H and O–H groups in total. The van der Waals surface area contributed by atoms with E-state index in [2.05, 4.69) is 18.4 Å². The van der Waals surface area contributed by atoms with E-state index in [9.17, 15) is 13.2 Å². The smallest absolute Gasteiger partial charge is 0.254 e. The van der Waals surface area contributed by atoms with Gasteiger partial charge in [0.15, 0.2) is 9.84 Å². The van der Waals surface area contributed by atoms with Gasteiger partial charge in [0.1, 0.15) is 0 Å². The molecule has 2 heterocycles. The van der Waals surface area contributed by atoms with Crippen molar-refractivity contribution in [3.63, 3.8) is 0 Å². The molecule has 25 heavy (non-hydrogen) atoms. The Kier molecular flexibility index (Phi) is 5.02. The lowest BCUT2D eigenvalue weighted by Crippen LogP contribution is -2.39. The minimum atomic E-state index is -3.34. The van der Waals surface area contributed by atoms with Crippen molar-refractivity contribution >= 4 is 27.1 Å². The Morgan fingerprint density at radius 3 is 2.68 bits per heavy atom. The third kappa shape index (κ3) is 3.37. The number of fused-ring (bicyclic) bond motifs is 1. The van der Waals surface area contributed by atoms with Crippen LogP contribution in [0.2, 0.25) is 0 Å². The first-order chi connectivity index (χ1) is 11.9. The molecule has 1 aliphatic heterocycles. The van der Waals surface area contributed by atoms with Gasteiger partial charge < -0.3 is 4.90 Å². The van der Waals surface area contributed by atoms with E-state index in [1.807, 2.05) is 11.8 Å². The summed E-state index contributed by atoms with van der Waals surface area (Å²) in [6.45, 7) is 4.75. The minimum absolute atomic E-state index is 0.0638. The zero-order valence-corrected chi connectivity index (χ0v) is 16.4. The van der Waals surface area contributed by atoms with E-state index in [1.54, 1.807) is 29.5 Å². The van der Waals surface area contributed by atoms with Crippen molar-refractivity contribution in [3.8, 4) is 0 Å². The highest BCUT2D eigenvalue weighted by molar-refractivity contribution is 7.90. The first-order valence-corrected chi connectivity index (χ1v) is 11.3. The summed E-state index contributed by atoms with van der Waals surface area (Å²) >= 11 is 1.75. The van der Waals surface area contributed by atoms with E-state index < -0.39 is 9.84 Å². The van der Waals surface area contributed by atoms with Crippen LogP contribution >= 0.6 is 11.3 Å². The van der Waals surface area contributed by atoms with Gasteiger partial charge in [-0.15, -0.1) is 11.3 Å². The number of thiophene rings is 1. The fourth-order valence-electron chi connectivity index (χ4n) is 3.53. The van der Waals surface area contributed by atoms with E-state index in [1.165, 1.54) is 16.7 Å². The number of sulfone groups is 1. The lowest BCUT2D eigenvalue weighted by molar-refractivity contribution is 0.0656. The fraction of sp³-hybridized carbons (Fsp3) is 0.421. The third-order valence-electron chi connectivity index (χ3n) is 4.86. The van der Waals surface area contributed by atoms with Crippen LogP contribution in [0.5, 0.6) is 0 Å².